The summed E-state index contributed by atoms with van der Waals surface area (Å²) < 4.78 is 11.2. The maximum absolute atomic E-state index is 5.90. The van der Waals surface area contributed by atoms with E-state index in [1.54, 1.807) is 0 Å². The third-order valence-corrected chi connectivity index (χ3v) is 3.33. The topological polar surface area (TPSA) is 44.5 Å². The molecule has 0 aromatic carbocycles. The third-order valence-electron chi connectivity index (χ3n) is 3.33. The van der Waals surface area contributed by atoms with E-state index in [2.05, 4.69) is 0 Å². The van der Waals surface area contributed by atoms with Crippen LogP contribution in [0.5, 0.6) is 0 Å². The maximum Gasteiger partial charge on any atom is 0.0785 e. The van der Waals surface area contributed by atoms with Crippen molar-refractivity contribution in [3.8, 4) is 0 Å². The zero-order valence-corrected chi connectivity index (χ0v) is 6.40. The molecule has 5 unspecified atom stereocenters. The van der Waals surface area contributed by atoms with Crippen LogP contribution in [-0.4, -0.2) is 31.5 Å². The Hall–Kier alpha value is -0.120. The molecule has 3 nitrogen and oxygen atoms in total. The lowest BCUT2D eigenvalue weighted by atomic mass is 9.79. The van der Waals surface area contributed by atoms with Crippen LogP contribution in [0.1, 0.15) is 6.42 Å². The fourth-order valence-corrected chi connectivity index (χ4v) is 2.76. The molecule has 3 heterocycles. The number of ether oxygens (including phenoxy) is 2. The molecule has 3 fully saturated rings. The van der Waals surface area contributed by atoms with Crippen LogP contribution in [0.15, 0.2) is 0 Å². The fourth-order valence-electron chi connectivity index (χ4n) is 2.76. The van der Waals surface area contributed by atoms with Gasteiger partial charge in [0.15, 0.2) is 0 Å². The van der Waals surface area contributed by atoms with Crippen molar-refractivity contribution in [3.63, 3.8) is 0 Å². The van der Waals surface area contributed by atoms with E-state index in [1.807, 2.05) is 0 Å². The maximum atomic E-state index is 5.90. The quantitative estimate of drug-likeness (QED) is 0.524. The molecular formula is C8H13NO2. The van der Waals surface area contributed by atoms with Gasteiger partial charge in [-0.1, -0.05) is 0 Å². The summed E-state index contributed by atoms with van der Waals surface area (Å²) >= 11 is 0. The largest absolute Gasteiger partial charge is 0.381 e. The molecule has 62 valence electrons. The van der Waals surface area contributed by atoms with Gasteiger partial charge in [-0.25, -0.2) is 0 Å². The summed E-state index contributed by atoms with van der Waals surface area (Å²) in [7, 11) is 0. The van der Waals surface area contributed by atoms with Crippen LogP contribution in [-0.2, 0) is 9.47 Å². The Balaban J connectivity index is 1.90. The van der Waals surface area contributed by atoms with E-state index in [9.17, 15) is 0 Å². The predicted molar refractivity (Wildman–Crippen MR) is 39.1 cm³/mol. The molecule has 0 saturated carbocycles. The van der Waals surface area contributed by atoms with E-state index in [0.29, 0.717) is 24.0 Å². The first-order chi connectivity index (χ1) is 5.36. The Morgan fingerprint density at radius 1 is 1.18 bits per heavy atom. The molecule has 3 saturated heterocycles. The van der Waals surface area contributed by atoms with Gasteiger partial charge in [0.1, 0.15) is 0 Å². The van der Waals surface area contributed by atoms with Crippen LogP contribution >= 0.6 is 0 Å². The highest BCUT2D eigenvalue weighted by atomic mass is 16.5. The van der Waals surface area contributed by atoms with Crippen molar-refractivity contribution < 1.29 is 9.47 Å². The van der Waals surface area contributed by atoms with Crippen molar-refractivity contribution in [3.05, 3.63) is 0 Å². The first-order valence-corrected chi connectivity index (χ1v) is 4.35. The molecule has 3 heteroatoms. The number of hydrogen-bond acceptors (Lipinski definition) is 3. The molecular weight excluding hydrogens is 142 g/mol. The minimum absolute atomic E-state index is 0.281. The monoisotopic (exact) mass is 155 g/mol. The second-order valence-electron chi connectivity index (χ2n) is 3.90. The van der Waals surface area contributed by atoms with Gasteiger partial charge in [0.2, 0.25) is 0 Å². The van der Waals surface area contributed by atoms with Crippen molar-refractivity contribution in [1.29, 1.82) is 0 Å². The summed E-state index contributed by atoms with van der Waals surface area (Å²) in [6.45, 7) is 1.78. The molecule has 0 aliphatic carbocycles. The lowest BCUT2D eigenvalue weighted by Gasteiger charge is -2.23. The Kier molecular flexibility index (Phi) is 1.15. The van der Waals surface area contributed by atoms with Crippen LogP contribution < -0.4 is 5.73 Å². The molecule has 0 spiro atoms. The van der Waals surface area contributed by atoms with Crippen molar-refractivity contribution in [2.75, 3.05) is 13.2 Å². The van der Waals surface area contributed by atoms with Gasteiger partial charge in [-0.3, -0.25) is 0 Å². The zero-order valence-electron chi connectivity index (χ0n) is 6.40. The van der Waals surface area contributed by atoms with Gasteiger partial charge in [0.05, 0.1) is 25.4 Å². The van der Waals surface area contributed by atoms with Gasteiger partial charge in [0.25, 0.3) is 0 Å². The summed E-state index contributed by atoms with van der Waals surface area (Å²) in [5.41, 5.74) is 5.90. The van der Waals surface area contributed by atoms with Crippen LogP contribution in [0.3, 0.4) is 0 Å². The molecule has 2 bridgehead atoms. The van der Waals surface area contributed by atoms with Crippen molar-refractivity contribution >= 4 is 0 Å². The van der Waals surface area contributed by atoms with Gasteiger partial charge in [-0.2, -0.15) is 0 Å². The molecule has 3 aliphatic heterocycles. The molecule has 2 N–H and O–H groups in total. The van der Waals surface area contributed by atoms with Crippen LogP contribution in [0, 0.1) is 11.8 Å². The standard InChI is InChI=1S/C8H13NO2/c9-6-1-7-4-2-10-3-5(4)8(6)11-7/h4-8H,1-3,9H2. The number of hydrogen-bond donors (Lipinski definition) is 1. The first-order valence-electron chi connectivity index (χ1n) is 4.35. The highest BCUT2D eigenvalue weighted by Gasteiger charge is 2.55. The van der Waals surface area contributed by atoms with E-state index in [4.69, 9.17) is 15.2 Å². The lowest BCUT2D eigenvalue weighted by molar-refractivity contribution is 0.0434. The van der Waals surface area contributed by atoms with Gasteiger partial charge < -0.3 is 15.2 Å². The Morgan fingerprint density at radius 2 is 2.00 bits per heavy atom. The predicted octanol–water partition coefficient (Wildman–Crippen LogP) is -0.253. The SMILES string of the molecule is NC1CC2OC1C1COCC21. The average Bonchev–Trinajstić information content (AvgIpc) is 2.52. The Labute approximate surface area is 65.8 Å². The van der Waals surface area contributed by atoms with Crippen LogP contribution in [0.2, 0.25) is 0 Å². The molecule has 5 atom stereocenters. The van der Waals surface area contributed by atoms with Crippen molar-refractivity contribution in [1.82, 2.24) is 0 Å². The molecule has 0 aromatic heterocycles. The minimum Gasteiger partial charge on any atom is -0.381 e. The normalized spacial score (nSPS) is 60.3. The minimum atomic E-state index is 0.281. The van der Waals surface area contributed by atoms with Gasteiger partial charge in [-0.15, -0.1) is 0 Å². The van der Waals surface area contributed by atoms with Crippen molar-refractivity contribution in [2.45, 2.75) is 24.7 Å². The molecule has 0 amide bonds. The third kappa shape index (κ3) is 0.687. The summed E-state index contributed by atoms with van der Waals surface area (Å²) in [5.74, 6) is 1.28. The summed E-state index contributed by atoms with van der Waals surface area (Å²) in [5, 5.41) is 0. The zero-order chi connectivity index (χ0) is 7.42. The van der Waals surface area contributed by atoms with Gasteiger partial charge in [0, 0.05) is 17.9 Å². The molecule has 0 aromatic rings. The second kappa shape index (κ2) is 1.97. The highest BCUT2D eigenvalue weighted by molar-refractivity contribution is 5.04. The smallest absolute Gasteiger partial charge is 0.0785 e. The molecule has 3 rings (SSSR count). The highest BCUT2D eigenvalue weighted by Crippen LogP contribution is 2.45. The number of fused-ring (bicyclic) bond motifs is 5. The van der Waals surface area contributed by atoms with Gasteiger partial charge in [-0.05, 0) is 6.42 Å². The number of nitrogens with two attached hydrogens (primary N) is 1. The first kappa shape index (κ1) is 6.40. The number of rotatable bonds is 0. The lowest BCUT2D eigenvalue weighted by Crippen LogP contribution is -2.40. The van der Waals surface area contributed by atoms with Crippen LogP contribution in [0.25, 0.3) is 0 Å². The van der Waals surface area contributed by atoms with Gasteiger partial charge >= 0.3 is 0 Å². The molecule has 3 aliphatic rings. The fraction of sp³-hybridized carbons (Fsp3) is 1.00. The van der Waals surface area contributed by atoms with Crippen molar-refractivity contribution in [2.24, 2.45) is 17.6 Å². The Morgan fingerprint density at radius 3 is 2.91 bits per heavy atom. The average molecular weight is 155 g/mol. The summed E-state index contributed by atoms with van der Waals surface area (Å²) in [6.07, 6.45) is 1.78. The van der Waals surface area contributed by atoms with E-state index < -0.39 is 0 Å². The van der Waals surface area contributed by atoms with E-state index in [1.165, 1.54) is 0 Å². The Bertz CT molecular complexity index is 185. The summed E-state index contributed by atoms with van der Waals surface area (Å²) in [4.78, 5) is 0. The van der Waals surface area contributed by atoms with E-state index >= 15 is 0 Å². The molecule has 11 heavy (non-hydrogen) atoms. The molecule has 0 radical (unpaired) electrons. The van der Waals surface area contributed by atoms with Crippen LogP contribution in [0.4, 0.5) is 0 Å². The second-order valence-corrected chi connectivity index (χ2v) is 3.90. The summed E-state index contributed by atoms with van der Waals surface area (Å²) in [6, 6.07) is 0.281. The van der Waals surface area contributed by atoms with E-state index in [-0.39, 0.29) is 6.04 Å². The van der Waals surface area contributed by atoms with E-state index in [0.717, 1.165) is 19.6 Å².